The number of nitrogens with zero attached hydrogens (tertiary/aromatic N) is 6. The molecule has 0 atom stereocenters. The second-order valence-corrected chi connectivity index (χ2v) is 8.84. The first-order valence-electron chi connectivity index (χ1n) is 9.66. The van der Waals surface area contributed by atoms with Crippen molar-refractivity contribution in [2.75, 3.05) is 18.8 Å². The van der Waals surface area contributed by atoms with Crippen molar-refractivity contribution in [3.63, 3.8) is 0 Å². The number of imide groups is 1. The smallest absolute Gasteiger partial charge is 0.293 e. The second-order valence-electron chi connectivity index (χ2n) is 6.90. The van der Waals surface area contributed by atoms with Gasteiger partial charge in [-0.1, -0.05) is 17.8 Å². The molecule has 4 rings (SSSR count). The molecule has 164 valence electrons. The van der Waals surface area contributed by atoms with Gasteiger partial charge in [0.15, 0.2) is 0 Å². The zero-order valence-corrected chi connectivity index (χ0v) is 18.9. The van der Waals surface area contributed by atoms with Crippen LogP contribution in [0.15, 0.2) is 40.7 Å². The molecule has 0 aliphatic carbocycles. The summed E-state index contributed by atoms with van der Waals surface area (Å²) in [4.78, 5) is 50.9. The van der Waals surface area contributed by atoms with Crippen LogP contribution < -0.4 is 5.32 Å². The number of hydrogen-bond donors (Lipinski definition) is 1. The van der Waals surface area contributed by atoms with Gasteiger partial charge in [-0.15, -0.1) is 5.10 Å². The summed E-state index contributed by atoms with van der Waals surface area (Å²) >= 11 is 2.07. The van der Waals surface area contributed by atoms with E-state index in [9.17, 15) is 14.4 Å². The maximum atomic E-state index is 12.5. The minimum atomic E-state index is -0.375. The lowest BCUT2D eigenvalue weighted by Gasteiger charge is -2.12. The van der Waals surface area contributed by atoms with Gasteiger partial charge in [-0.25, -0.2) is 9.50 Å². The van der Waals surface area contributed by atoms with E-state index < -0.39 is 0 Å². The van der Waals surface area contributed by atoms with E-state index in [1.807, 2.05) is 19.9 Å². The summed E-state index contributed by atoms with van der Waals surface area (Å²) in [6, 6.07) is 5.46. The lowest BCUT2D eigenvalue weighted by molar-refractivity contribution is -0.123. The Morgan fingerprint density at radius 1 is 1.28 bits per heavy atom. The molecule has 0 aromatic carbocycles. The minimum Gasteiger partial charge on any atom is -0.354 e. The molecule has 0 radical (unpaired) electrons. The minimum absolute atomic E-state index is 0.0977. The Hall–Kier alpha value is -3.25. The van der Waals surface area contributed by atoms with Crippen molar-refractivity contribution in [1.29, 1.82) is 0 Å². The largest absolute Gasteiger partial charge is 0.354 e. The number of aromatic nitrogens is 5. The van der Waals surface area contributed by atoms with Gasteiger partial charge in [0.2, 0.25) is 11.1 Å². The Labute approximate surface area is 191 Å². The van der Waals surface area contributed by atoms with Crippen LogP contribution in [-0.4, -0.2) is 65.4 Å². The van der Waals surface area contributed by atoms with Crippen LogP contribution >= 0.6 is 23.5 Å². The molecule has 0 unspecified atom stereocenters. The fourth-order valence-electron chi connectivity index (χ4n) is 3.00. The summed E-state index contributed by atoms with van der Waals surface area (Å²) in [6.45, 7) is 4.05. The van der Waals surface area contributed by atoms with Gasteiger partial charge in [0.1, 0.15) is 0 Å². The first kappa shape index (κ1) is 22.0. The van der Waals surface area contributed by atoms with Gasteiger partial charge >= 0.3 is 0 Å². The molecule has 3 aromatic rings. The average Bonchev–Trinajstić information content (AvgIpc) is 3.29. The Morgan fingerprint density at radius 3 is 2.91 bits per heavy atom. The number of carbonyl (C=O) groups is 3. The van der Waals surface area contributed by atoms with E-state index in [1.165, 1.54) is 11.8 Å². The Kier molecular flexibility index (Phi) is 6.51. The lowest BCUT2D eigenvalue weighted by atomic mass is 10.2. The van der Waals surface area contributed by atoms with Gasteiger partial charge in [-0.05, 0) is 49.4 Å². The number of rotatable bonds is 7. The molecule has 1 aliphatic heterocycles. The predicted octanol–water partition coefficient (Wildman–Crippen LogP) is 2.08. The fourth-order valence-corrected chi connectivity index (χ4v) is 4.52. The molecule has 1 aliphatic rings. The molecule has 0 saturated carbocycles. The Balaban J connectivity index is 1.27. The average molecular weight is 470 g/mol. The van der Waals surface area contributed by atoms with E-state index in [0.717, 1.165) is 33.6 Å². The molecule has 3 amide bonds. The van der Waals surface area contributed by atoms with E-state index >= 15 is 0 Å². The molecule has 3 aromatic heterocycles. The third kappa shape index (κ3) is 4.97. The molecular formula is C20H19N7O3S2. The van der Waals surface area contributed by atoms with Crippen molar-refractivity contribution in [2.45, 2.75) is 19.0 Å². The van der Waals surface area contributed by atoms with Crippen molar-refractivity contribution in [3.05, 3.63) is 52.4 Å². The summed E-state index contributed by atoms with van der Waals surface area (Å²) in [7, 11) is 0. The zero-order valence-electron chi connectivity index (χ0n) is 17.3. The van der Waals surface area contributed by atoms with Crippen molar-refractivity contribution in [3.8, 4) is 0 Å². The van der Waals surface area contributed by atoms with E-state index in [-0.39, 0.29) is 35.9 Å². The highest BCUT2D eigenvalue weighted by Gasteiger charge is 2.34. The molecule has 4 heterocycles. The molecule has 0 spiro atoms. The zero-order chi connectivity index (χ0) is 22.7. The van der Waals surface area contributed by atoms with Crippen LogP contribution in [-0.2, 0) is 9.59 Å². The number of hydrogen-bond acceptors (Lipinski definition) is 9. The van der Waals surface area contributed by atoms with Crippen LogP contribution in [0.4, 0.5) is 4.79 Å². The van der Waals surface area contributed by atoms with Gasteiger partial charge in [0.05, 0.1) is 10.7 Å². The highest BCUT2D eigenvalue weighted by atomic mass is 32.2. The lowest BCUT2D eigenvalue weighted by Crippen LogP contribution is -2.37. The third-order valence-corrected chi connectivity index (χ3v) is 6.19. The summed E-state index contributed by atoms with van der Waals surface area (Å²) in [6.07, 6.45) is 4.88. The summed E-state index contributed by atoms with van der Waals surface area (Å²) in [5.41, 5.74) is 2.50. The fraction of sp³-hybridized carbons (Fsp3) is 0.250. The van der Waals surface area contributed by atoms with Crippen LogP contribution in [0, 0.1) is 13.8 Å². The van der Waals surface area contributed by atoms with Crippen molar-refractivity contribution in [1.82, 2.24) is 34.8 Å². The number of carbonyl (C=O) groups excluding carboxylic acids is 3. The molecule has 12 heteroatoms. The topological polar surface area (TPSA) is 122 Å². The summed E-state index contributed by atoms with van der Waals surface area (Å²) < 4.78 is 1.63. The monoisotopic (exact) mass is 469 g/mol. The Morgan fingerprint density at radius 2 is 2.12 bits per heavy atom. The van der Waals surface area contributed by atoms with Crippen molar-refractivity contribution < 1.29 is 14.4 Å². The molecule has 1 N–H and O–H groups in total. The first-order valence-corrected chi connectivity index (χ1v) is 11.5. The van der Waals surface area contributed by atoms with Gasteiger partial charge < -0.3 is 5.32 Å². The van der Waals surface area contributed by atoms with Gasteiger partial charge in [-0.3, -0.25) is 24.3 Å². The number of aryl methyl sites for hydroxylation is 2. The number of fused-ring (bicyclic) bond motifs is 1. The molecular weight excluding hydrogens is 450 g/mol. The Bertz CT molecular complexity index is 1230. The standard InChI is InChI=1S/C20H19N7O3S2/c1-12-8-13(2)27-18(23-12)24-19(25-27)31-11-16(28)22-6-7-26-17(29)15(32-20(26)30)9-14-4-3-5-21-10-14/h3-5,8-10H,6-7,11H2,1-2H3,(H,22,28)/b15-9+. The van der Waals surface area contributed by atoms with Crippen molar-refractivity contribution in [2.24, 2.45) is 0 Å². The quantitative estimate of drug-likeness (QED) is 0.409. The van der Waals surface area contributed by atoms with Crippen molar-refractivity contribution >= 4 is 52.4 Å². The maximum Gasteiger partial charge on any atom is 0.293 e. The van der Waals surface area contributed by atoms with Gasteiger partial charge in [-0.2, -0.15) is 4.98 Å². The summed E-state index contributed by atoms with van der Waals surface area (Å²) in [5.74, 6) is -0.0196. The number of amides is 3. The summed E-state index contributed by atoms with van der Waals surface area (Å²) in [5, 5.41) is 7.15. The molecule has 1 fully saturated rings. The molecule has 10 nitrogen and oxygen atoms in total. The molecule has 1 saturated heterocycles. The van der Waals surface area contributed by atoms with Gasteiger partial charge in [0.25, 0.3) is 16.9 Å². The highest BCUT2D eigenvalue weighted by Crippen LogP contribution is 2.31. The third-order valence-electron chi connectivity index (χ3n) is 4.44. The van der Waals surface area contributed by atoms with Crippen LogP contribution in [0.3, 0.4) is 0 Å². The SMILES string of the molecule is Cc1cc(C)n2nc(SCC(=O)NCCN3C(=O)S/C(=C/c4cccnc4)C3=O)nc2n1. The van der Waals surface area contributed by atoms with Crippen LogP contribution in [0.25, 0.3) is 11.9 Å². The van der Waals surface area contributed by atoms with E-state index in [0.29, 0.717) is 15.8 Å². The maximum absolute atomic E-state index is 12.5. The van der Waals surface area contributed by atoms with Crippen LogP contribution in [0.5, 0.6) is 0 Å². The number of nitrogens with one attached hydrogen (secondary N) is 1. The molecule has 0 bridgehead atoms. The van der Waals surface area contributed by atoms with Crippen LogP contribution in [0.1, 0.15) is 17.0 Å². The van der Waals surface area contributed by atoms with E-state index in [1.54, 1.807) is 35.1 Å². The van der Waals surface area contributed by atoms with Gasteiger partial charge in [0, 0.05) is 36.9 Å². The normalized spacial score (nSPS) is 15.2. The second kappa shape index (κ2) is 9.49. The van der Waals surface area contributed by atoms with Crippen LogP contribution in [0.2, 0.25) is 0 Å². The van der Waals surface area contributed by atoms with E-state index in [2.05, 4.69) is 25.4 Å². The van der Waals surface area contributed by atoms with E-state index in [4.69, 9.17) is 0 Å². The molecule has 32 heavy (non-hydrogen) atoms. The highest BCUT2D eigenvalue weighted by molar-refractivity contribution is 8.18. The number of pyridine rings is 1. The number of thioether (sulfide) groups is 2. The first-order chi connectivity index (χ1) is 15.4. The predicted molar refractivity (Wildman–Crippen MR) is 121 cm³/mol.